The van der Waals surface area contributed by atoms with Crippen LogP contribution in [0.2, 0.25) is 0 Å². The van der Waals surface area contributed by atoms with Crippen LogP contribution in [-0.4, -0.2) is 41.1 Å². The average Bonchev–Trinajstić information content (AvgIpc) is 2.33. The Hall–Kier alpha value is 0.270. The molecule has 2 atom stereocenters. The number of hydrogen-bond acceptors (Lipinski definition) is 3. The highest BCUT2D eigenvalue weighted by molar-refractivity contribution is 7.99. The molecule has 0 bridgehead atoms. The van der Waals surface area contributed by atoms with E-state index in [1.165, 1.54) is 43.7 Å². The summed E-state index contributed by atoms with van der Waals surface area (Å²) in [4.78, 5) is 2.75. The summed E-state index contributed by atoms with van der Waals surface area (Å²) in [5, 5.41) is 0. The zero-order chi connectivity index (χ0) is 11.6. The van der Waals surface area contributed by atoms with Crippen molar-refractivity contribution in [3.8, 4) is 0 Å². The zero-order valence-corrected chi connectivity index (χ0v) is 11.6. The lowest BCUT2D eigenvalue weighted by molar-refractivity contribution is -0.000977. The first-order valence-corrected chi connectivity index (χ1v) is 7.90. The molecule has 16 heavy (non-hydrogen) atoms. The fourth-order valence-electron chi connectivity index (χ4n) is 3.36. The number of rotatable bonds is 2. The van der Waals surface area contributed by atoms with E-state index in [1.54, 1.807) is 0 Å². The maximum atomic E-state index is 6.13. The highest BCUT2D eigenvalue weighted by Gasteiger charge is 2.41. The first-order chi connectivity index (χ1) is 7.69. The normalized spacial score (nSPS) is 36.2. The van der Waals surface area contributed by atoms with Gasteiger partial charge >= 0.3 is 0 Å². The molecular formula is C13H26N2S. The van der Waals surface area contributed by atoms with Gasteiger partial charge in [0, 0.05) is 18.1 Å². The van der Waals surface area contributed by atoms with Gasteiger partial charge in [0.25, 0.3) is 0 Å². The largest absolute Gasteiger partial charge is 0.329 e. The molecule has 0 spiro atoms. The van der Waals surface area contributed by atoms with Crippen LogP contribution in [0.4, 0.5) is 0 Å². The molecule has 3 heteroatoms. The van der Waals surface area contributed by atoms with Gasteiger partial charge in [-0.2, -0.15) is 11.8 Å². The Balaban J connectivity index is 2.12. The minimum atomic E-state index is 0.333. The topological polar surface area (TPSA) is 29.3 Å². The second kappa shape index (κ2) is 5.28. The van der Waals surface area contributed by atoms with Crippen LogP contribution in [0.1, 0.15) is 39.5 Å². The lowest BCUT2D eigenvalue weighted by Gasteiger charge is -2.52. The zero-order valence-electron chi connectivity index (χ0n) is 10.7. The van der Waals surface area contributed by atoms with Gasteiger partial charge in [0.1, 0.15) is 0 Å². The van der Waals surface area contributed by atoms with Gasteiger partial charge in [-0.3, -0.25) is 4.90 Å². The molecule has 2 unspecified atom stereocenters. The number of nitrogens with two attached hydrogens (primary N) is 1. The molecule has 2 nitrogen and oxygen atoms in total. The smallest absolute Gasteiger partial charge is 0.0350 e. The van der Waals surface area contributed by atoms with E-state index in [1.807, 2.05) is 0 Å². The standard InChI is InChI=1S/C13H26N2S/c1-11-4-3-7-15(12(11)2)13(10-14)5-8-16-9-6-13/h11-12H,3-10,14H2,1-2H3. The van der Waals surface area contributed by atoms with Crippen molar-refractivity contribution in [2.45, 2.75) is 51.1 Å². The number of nitrogens with zero attached hydrogens (tertiary/aromatic N) is 1. The molecule has 2 aliphatic heterocycles. The third-order valence-corrected chi connectivity index (χ3v) is 5.77. The molecule has 2 saturated heterocycles. The number of hydrogen-bond donors (Lipinski definition) is 1. The van der Waals surface area contributed by atoms with Crippen molar-refractivity contribution < 1.29 is 0 Å². The van der Waals surface area contributed by atoms with E-state index in [0.29, 0.717) is 5.54 Å². The van der Waals surface area contributed by atoms with Crippen LogP contribution >= 0.6 is 11.8 Å². The fraction of sp³-hybridized carbons (Fsp3) is 1.00. The highest BCUT2D eigenvalue weighted by Crippen LogP contribution is 2.37. The summed E-state index contributed by atoms with van der Waals surface area (Å²) in [6.07, 6.45) is 5.35. The quantitative estimate of drug-likeness (QED) is 0.806. The molecule has 0 aromatic heterocycles. The maximum absolute atomic E-state index is 6.13. The summed E-state index contributed by atoms with van der Waals surface area (Å²) in [5.74, 6) is 3.44. The average molecular weight is 242 g/mol. The van der Waals surface area contributed by atoms with Crippen LogP contribution in [0.3, 0.4) is 0 Å². The maximum Gasteiger partial charge on any atom is 0.0350 e. The molecule has 2 aliphatic rings. The molecule has 0 saturated carbocycles. The molecule has 2 heterocycles. The van der Waals surface area contributed by atoms with Crippen molar-refractivity contribution in [2.75, 3.05) is 24.6 Å². The number of likely N-dealkylation sites (tertiary alicyclic amines) is 1. The Labute approximate surface area is 104 Å². The lowest BCUT2D eigenvalue weighted by atomic mass is 9.82. The Bertz CT molecular complexity index is 226. The van der Waals surface area contributed by atoms with Gasteiger partial charge in [-0.25, -0.2) is 0 Å². The number of piperidine rings is 1. The van der Waals surface area contributed by atoms with Crippen LogP contribution in [0.15, 0.2) is 0 Å². The third-order valence-electron chi connectivity index (χ3n) is 4.79. The monoisotopic (exact) mass is 242 g/mol. The molecule has 2 N–H and O–H groups in total. The molecule has 0 amide bonds. The van der Waals surface area contributed by atoms with Crippen LogP contribution in [0.5, 0.6) is 0 Å². The summed E-state index contributed by atoms with van der Waals surface area (Å²) in [7, 11) is 0. The summed E-state index contributed by atoms with van der Waals surface area (Å²) >= 11 is 2.10. The predicted octanol–water partition coefficient (Wildman–Crippen LogP) is 2.33. The van der Waals surface area contributed by atoms with E-state index in [0.717, 1.165) is 18.5 Å². The Kier molecular flexibility index (Phi) is 4.20. The van der Waals surface area contributed by atoms with E-state index >= 15 is 0 Å². The van der Waals surface area contributed by atoms with E-state index < -0.39 is 0 Å². The highest BCUT2D eigenvalue weighted by atomic mass is 32.2. The first kappa shape index (κ1) is 12.7. The molecule has 0 aromatic carbocycles. The molecular weight excluding hydrogens is 216 g/mol. The van der Waals surface area contributed by atoms with Gasteiger partial charge in [-0.05, 0) is 56.6 Å². The van der Waals surface area contributed by atoms with E-state index in [4.69, 9.17) is 5.73 Å². The van der Waals surface area contributed by atoms with Gasteiger partial charge in [0.2, 0.25) is 0 Å². The molecule has 2 rings (SSSR count). The van der Waals surface area contributed by atoms with Gasteiger partial charge in [0.15, 0.2) is 0 Å². The van der Waals surface area contributed by atoms with Crippen molar-refractivity contribution >= 4 is 11.8 Å². The molecule has 2 fully saturated rings. The number of thioether (sulfide) groups is 1. The summed E-state index contributed by atoms with van der Waals surface area (Å²) in [5.41, 5.74) is 6.46. The molecule has 0 aliphatic carbocycles. The summed E-state index contributed by atoms with van der Waals surface area (Å²) in [6, 6.07) is 0.723. The van der Waals surface area contributed by atoms with Crippen molar-refractivity contribution in [3.05, 3.63) is 0 Å². The van der Waals surface area contributed by atoms with Gasteiger partial charge in [-0.15, -0.1) is 0 Å². The molecule has 0 radical (unpaired) electrons. The lowest BCUT2D eigenvalue weighted by Crippen LogP contribution is -2.61. The molecule has 94 valence electrons. The first-order valence-electron chi connectivity index (χ1n) is 6.74. The van der Waals surface area contributed by atoms with Crippen LogP contribution < -0.4 is 5.73 Å². The van der Waals surface area contributed by atoms with Crippen molar-refractivity contribution in [1.29, 1.82) is 0 Å². The van der Waals surface area contributed by atoms with E-state index in [2.05, 4.69) is 30.5 Å². The minimum absolute atomic E-state index is 0.333. The minimum Gasteiger partial charge on any atom is -0.329 e. The van der Waals surface area contributed by atoms with E-state index in [-0.39, 0.29) is 0 Å². The predicted molar refractivity (Wildman–Crippen MR) is 72.9 cm³/mol. The second-order valence-corrected chi connectivity index (χ2v) is 6.82. The second-order valence-electron chi connectivity index (χ2n) is 5.59. The van der Waals surface area contributed by atoms with Gasteiger partial charge in [0.05, 0.1) is 0 Å². The Morgan fingerprint density at radius 3 is 2.62 bits per heavy atom. The van der Waals surface area contributed by atoms with Crippen LogP contribution in [-0.2, 0) is 0 Å². The van der Waals surface area contributed by atoms with Crippen molar-refractivity contribution in [1.82, 2.24) is 4.90 Å². The molecule has 0 aromatic rings. The van der Waals surface area contributed by atoms with Gasteiger partial charge in [-0.1, -0.05) is 6.92 Å². The third kappa shape index (κ3) is 2.27. The van der Waals surface area contributed by atoms with Crippen LogP contribution in [0, 0.1) is 5.92 Å². The fourth-order valence-corrected chi connectivity index (χ4v) is 4.62. The SMILES string of the molecule is CC1CCCN(C2(CN)CCSCC2)C1C. The van der Waals surface area contributed by atoms with Crippen LogP contribution in [0.25, 0.3) is 0 Å². The van der Waals surface area contributed by atoms with E-state index in [9.17, 15) is 0 Å². The summed E-state index contributed by atoms with van der Waals surface area (Å²) in [6.45, 7) is 6.93. The Morgan fingerprint density at radius 2 is 2.00 bits per heavy atom. The van der Waals surface area contributed by atoms with Gasteiger partial charge < -0.3 is 5.73 Å². The Morgan fingerprint density at radius 1 is 1.31 bits per heavy atom. The van der Waals surface area contributed by atoms with Crippen molar-refractivity contribution in [2.24, 2.45) is 11.7 Å². The summed E-state index contributed by atoms with van der Waals surface area (Å²) < 4.78 is 0. The van der Waals surface area contributed by atoms with Crippen molar-refractivity contribution in [3.63, 3.8) is 0 Å².